The number of nitrogens with zero attached hydrogens (tertiary/aromatic N) is 1. The van der Waals surface area contributed by atoms with Gasteiger partial charge in [0.1, 0.15) is 16.6 Å². The van der Waals surface area contributed by atoms with E-state index >= 15 is 0 Å². The molecule has 1 aliphatic carbocycles. The summed E-state index contributed by atoms with van der Waals surface area (Å²) < 4.78 is 38.2. The van der Waals surface area contributed by atoms with Crippen molar-refractivity contribution >= 4 is 38.7 Å². The molecule has 162 valence electrons. The van der Waals surface area contributed by atoms with Gasteiger partial charge in [0.2, 0.25) is 10.0 Å². The van der Waals surface area contributed by atoms with E-state index in [1.807, 2.05) is 13.8 Å². The van der Waals surface area contributed by atoms with Crippen molar-refractivity contribution in [1.82, 2.24) is 4.98 Å². The number of aromatic nitrogens is 1. The monoisotopic (exact) mass is 478 g/mol. The molecule has 1 heterocycles. The SMILES string of the molecule is CC(C)(C(=O)C1CC1)c1nc(-c2ccc(Cl)cc2)c(-c2ccc(S(N)(=O)=O)cc2F)s1. The molecule has 2 N–H and O–H groups in total. The van der Waals surface area contributed by atoms with E-state index in [-0.39, 0.29) is 22.2 Å². The number of Topliss-reactive ketones (excluding diaryl/α,β-unsaturated/α-hetero) is 1. The maximum absolute atomic E-state index is 15.0. The molecule has 3 aromatic rings. The minimum absolute atomic E-state index is 0.0483. The molecule has 0 unspecified atom stereocenters. The first-order chi connectivity index (χ1) is 14.5. The summed E-state index contributed by atoms with van der Waals surface area (Å²) in [6, 6.07) is 10.5. The molecular formula is C22H20ClFN2O3S2. The minimum atomic E-state index is -4.03. The highest BCUT2D eigenvalue weighted by Gasteiger charge is 2.43. The largest absolute Gasteiger partial charge is 0.298 e. The number of halogens is 2. The topological polar surface area (TPSA) is 90.1 Å². The Labute approximate surface area is 189 Å². The third kappa shape index (κ3) is 4.30. The third-order valence-electron chi connectivity index (χ3n) is 5.36. The van der Waals surface area contributed by atoms with E-state index in [0.717, 1.165) is 18.9 Å². The van der Waals surface area contributed by atoms with Crippen molar-refractivity contribution in [2.75, 3.05) is 0 Å². The summed E-state index contributed by atoms with van der Waals surface area (Å²) in [4.78, 5) is 17.8. The molecule has 31 heavy (non-hydrogen) atoms. The average Bonchev–Trinajstić information content (AvgIpc) is 3.45. The van der Waals surface area contributed by atoms with Crippen LogP contribution in [0.1, 0.15) is 31.7 Å². The van der Waals surface area contributed by atoms with Crippen molar-refractivity contribution in [1.29, 1.82) is 0 Å². The quantitative estimate of drug-likeness (QED) is 0.529. The van der Waals surface area contributed by atoms with Gasteiger partial charge < -0.3 is 0 Å². The standard InChI is InChI=1S/C22H20ClFN2O3S2/c1-22(2,20(27)13-3-4-13)21-26-18(12-5-7-14(23)8-6-12)19(30-21)16-10-9-15(11-17(16)24)31(25,28)29/h5-11,13H,3-4H2,1-2H3,(H2,25,28,29). The highest BCUT2D eigenvalue weighted by Crippen LogP contribution is 2.45. The molecule has 9 heteroatoms. The molecule has 1 saturated carbocycles. The van der Waals surface area contributed by atoms with E-state index in [1.54, 1.807) is 24.3 Å². The number of nitrogens with two attached hydrogens (primary N) is 1. The van der Waals surface area contributed by atoms with E-state index in [0.29, 0.717) is 26.2 Å². The normalized spacial score (nSPS) is 14.6. The molecule has 0 aliphatic heterocycles. The third-order valence-corrected chi connectivity index (χ3v) is 7.93. The fourth-order valence-electron chi connectivity index (χ4n) is 3.39. The Hall–Kier alpha value is -2.13. The zero-order chi connectivity index (χ0) is 22.6. The number of thiazole rings is 1. The number of hydrogen-bond acceptors (Lipinski definition) is 5. The lowest BCUT2D eigenvalue weighted by Gasteiger charge is -2.20. The Kier molecular flexibility index (Phi) is 5.54. The maximum atomic E-state index is 15.0. The van der Waals surface area contributed by atoms with Crippen LogP contribution in [-0.2, 0) is 20.2 Å². The molecule has 4 rings (SSSR count). The molecule has 0 bridgehead atoms. The van der Waals surface area contributed by atoms with Gasteiger partial charge in [-0.25, -0.2) is 22.9 Å². The first-order valence-corrected chi connectivity index (χ1v) is 12.4. The Morgan fingerprint density at radius 2 is 1.84 bits per heavy atom. The van der Waals surface area contributed by atoms with Crippen LogP contribution in [0.2, 0.25) is 5.02 Å². The second kappa shape index (κ2) is 7.78. The Balaban J connectivity index is 1.89. The molecule has 0 saturated heterocycles. The van der Waals surface area contributed by atoms with Crippen molar-refractivity contribution in [3.8, 4) is 21.7 Å². The number of carbonyl (C=O) groups excluding carboxylic acids is 1. The predicted octanol–water partition coefficient (Wildman–Crippen LogP) is 5.17. The first-order valence-electron chi connectivity index (χ1n) is 9.63. The van der Waals surface area contributed by atoms with Gasteiger partial charge in [-0.1, -0.05) is 23.7 Å². The molecular weight excluding hydrogens is 459 g/mol. The number of benzene rings is 2. The Bertz CT molecular complexity index is 1280. The van der Waals surface area contributed by atoms with Gasteiger partial charge in [-0.05, 0) is 57.0 Å². The van der Waals surface area contributed by atoms with Crippen LogP contribution in [0.15, 0.2) is 47.4 Å². The summed E-state index contributed by atoms with van der Waals surface area (Å²) in [5.74, 6) is -0.559. The first kappa shape index (κ1) is 22.1. The van der Waals surface area contributed by atoms with Gasteiger partial charge in [-0.15, -0.1) is 11.3 Å². The van der Waals surface area contributed by atoms with Crippen molar-refractivity contribution in [2.24, 2.45) is 11.1 Å². The van der Waals surface area contributed by atoms with Gasteiger partial charge in [0.05, 0.1) is 20.9 Å². The predicted molar refractivity (Wildman–Crippen MR) is 120 cm³/mol. The summed E-state index contributed by atoms with van der Waals surface area (Å²) in [5, 5.41) is 6.26. The molecule has 2 aromatic carbocycles. The van der Waals surface area contributed by atoms with Crippen LogP contribution >= 0.6 is 22.9 Å². The molecule has 0 atom stereocenters. The number of primary sulfonamides is 1. The number of hydrogen-bond donors (Lipinski definition) is 1. The fraction of sp³-hybridized carbons (Fsp3) is 0.273. The summed E-state index contributed by atoms with van der Waals surface area (Å²) in [6.07, 6.45) is 1.77. The van der Waals surface area contributed by atoms with E-state index < -0.39 is 21.3 Å². The Morgan fingerprint density at radius 3 is 2.39 bits per heavy atom. The van der Waals surface area contributed by atoms with Crippen LogP contribution in [0.25, 0.3) is 21.7 Å². The molecule has 0 amide bonds. The van der Waals surface area contributed by atoms with E-state index in [9.17, 15) is 17.6 Å². The summed E-state index contributed by atoms with van der Waals surface area (Å²) in [7, 11) is -4.03. The van der Waals surface area contributed by atoms with Crippen molar-refractivity contribution in [3.63, 3.8) is 0 Å². The lowest BCUT2D eigenvalue weighted by Crippen LogP contribution is -2.30. The molecule has 0 spiro atoms. The van der Waals surface area contributed by atoms with Gasteiger partial charge in [0.15, 0.2) is 0 Å². The lowest BCUT2D eigenvalue weighted by molar-refractivity contribution is -0.124. The Morgan fingerprint density at radius 1 is 1.19 bits per heavy atom. The molecule has 1 aliphatic rings. The lowest BCUT2D eigenvalue weighted by atomic mass is 9.86. The maximum Gasteiger partial charge on any atom is 0.238 e. The second-order valence-corrected chi connectivity index (χ2v) is 11.2. The number of carbonyl (C=O) groups is 1. The van der Waals surface area contributed by atoms with Crippen LogP contribution < -0.4 is 5.14 Å². The fourth-order valence-corrected chi connectivity index (χ4v) is 5.26. The van der Waals surface area contributed by atoms with Crippen LogP contribution in [0, 0.1) is 11.7 Å². The van der Waals surface area contributed by atoms with Gasteiger partial charge in [0.25, 0.3) is 0 Å². The molecule has 1 fully saturated rings. The number of rotatable bonds is 6. The van der Waals surface area contributed by atoms with Crippen molar-refractivity contribution < 1.29 is 17.6 Å². The number of sulfonamides is 1. The van der Waals surface area contributed by atoms with E-state index in [4.69, 9.17) is 21.7 Å². The molecule has 5 nitrogen and oxygen atoms in total. The van der Waals surface area contributed by atoms with Gasteiger partial charge >= 0.3 is 0 Å². The summed E-state index contributed by atoms with van der Waals surface area (Å²) in [5.41, 5.74) is 0.597. The van der Waals surface area contributed by atoms with Crippen molar-refractivity contribution in [2.45, 2.75) is 37.0 Å². The molecule has 1 aromatic heterocycles. The van der Waals surface area contributed by atoms with Crippen LogP contribution in [0.4, 0.5) is 4.39 Å². The highest BCUT2D eigenvalue weighted by molar-refractivity contribution is 7.89. The van der Waals surface area contributed by atoms with E-state index in [1.165, 1.54) is 23.5 Å². The highest BCUT2D eigenvalue weighted by atomic mass is 35.5. The zero-order valence-electron chi connectivity index (χ0n) is 16.9. The molecule has 0 radical (unpaired) electrons. The average molecular weight is 479 g/mol. The summed E-state index contributed by atoms with van der Waals surface area (Å²) in [6.45, 7) is 3.67. The second-order valence-electron chi connectivity index (χ2n) is 8.15. The van der Waals surface area contributed by atoms with Crippen LogP contribution in [-0.4, -0.2) is 19.2 Å². The summed E-state index contributed by atoms with van der Waals surface area (Å²) >= 11 is 7.25. The van der Waals surface area contributed by atoms with Gasteiger partial charge in [0, 0.05) is 22.1 Å². The zero-order valence-corrected chi connectivity index (χ0v) is 19.2. The van der Waals surface area contributed by atoms with Gasteiger partial charge in [-0.3, -0.25) is 4.79 Å². The number of ketones is 1. The minimum Gasteiger partial charge on any atom is -0.298 e. The van der Waals surface area contributed by atoms with Crippen molar-refractivity contribution in [3.05, 3.63) is 58.3 Å². The van der Waals surface area contributed by atoms with Crippen LogP contribution in [0.5, 0.6) is 0 Å². The van der Waals surface area contributed by atoms with E-state index in [2.05, 4.69) is 0 Å². The smallest absolute Gasteiger partial charge is 0.238 e. The van der Waals surface area contributed by atoms with Crippen LogP contribution in [0.3, 0.4) is 0 Å². The van der Waals surface area contributed by atoms with Gasteiger partial charge in [-0.2, -0.15) is 0 Å².